The summed E-state index contributed by atoms with van der Waals surface area (Å²) in [4.78, 5) is 15.6. The molecule has 1 saturated heterocycles. The third-order valence-electron chi connectivity index (χ3n) is 5.97. The van der Waals surface area contributed by atoms with Crippen molar-refractivity contribution < 1.29 is 9.53 Å². The number of carbonyl (C=O) groups excluding carboxylic acids is 1. The number of amides is 1. The molecule has 4 nitrogen and oxygen atoms in total. The average Bonchev–Trinajstić information content (AvgIpc) is 2.79. The van der Waals surface area contributed by atoms with Gasteiger partial charge in [0.15, 0.2) is 0 Å². The maximum Gasteiger partial charge on any atom is 0.225 e. The first-order valence-electron chi connectivity index (χ1n) is 11.4. The fourth-order valence-electron chi connectivity index (χ4n) is 4.62. The Morgan fingerprint density at radius 1 is 0.875 bits per heavy atom. The molecule has 4 rings (SSSR count). The van der Waals surface area contributed by atoms with Crippen molar-refractivity contribution in [3.8, 4) is 0 Å². The minimum Gasteiger partial charge on any atom is -0.373 e. The third kappa shape index (κ3) is 5.84. The van der Waals surface area contributed by atoms with Crippen LogP contribution in [0.5, 0.6) is 0 Å². The molecule has 0 aromatic heterocycles. The maximum absolute atomic E-state index is 13.2. The van der Waals surface area contributed by atoms with Gasteiger partial charge in [-0.1, -0.05) is 78.9 Å². The molecule has 0 saturated carbocycles. The van der Waals surface area contributed by atoms with E-state index in [9.17, 15) is 4.79 Å². The second kappa shape index (κ2) is 10.6. The number of nitrogens with one attached hydrogen (secondary N) is 1. The minimum absolute atomic E-state index is 0.0190. The second-order valence-corrected chi connectivity index (χ2v) is 8.73. The number of benzene rings is 3. The van der Waals surface area contributed by atoms with Gasteiger partial charge < -0.3 is 10.1 Å². The molecule has 1 amide bonds. The largest absolute Gasteiger partial charge is 0.373 e. The van der Waals surface area contributed by atoms with E-state index in [4.69, 9.17) is 4.74 Å². The topological polar surface area (TPSA) is 41.6 Å². The van der Waals surface area contributed by atoms with Crippen molar-refractivity contribution >= 4 is 11.6 Å². The van der Waals surface area contributed by atoms with Gasteiger partial charge in [-0.05, 0) is 36.6 Å². The number of para-hydroxylation sites is 1. The summed E-state index contributed by atoms with van der Waals surface area (Å²) in [6.07, 6.45) is 0.838. The van der Waals surface area contributed by atoms with E-state index in [2.05, 4.69) is 54.4 Å². The number of rotatable bonds is 7. The van der Waals surface area contributed by atoms with Gasteiger partial charge in [0.25, 0.3) is 0 Å². The van der Waals surface area contributed by atoms with Crippen LogP contribution in [-0.4, -0.2) is 36.1 Å². The van der Waals surface area contributed by atoms with Crippen molar-refractivity contribution in [2.45, 2.75) is 44.9 Å². The van der Waals surface area contributed by atoms with Crippen LogP contribution in [0, 0.1) is 0 Å². The molecule has 0 spiro atoms. The van der Waals surface area contributed by atoms with Gasteiger partial charge in [0, 0.05) is 37.7 Å². The van der Waals surface area contributed by atoms with Crippen LogP contribution in [0.15, 0.2) is 84.9 Å². The first kappa shape index (κ1) is 22.3. The van der Waals surface area contributed by atoms with E-state index in [0.29, 0.717) is 6.42 Å². The zero-order valence-corrected chi connectivity index (χ0v) is 18.9. The molecule has 1 aliphatic heterocycles. The Morgan fingerprint density at radius 3 is 2.00 bits per heavy atom. The Morgan fingerprint density at radius 2 is 1.41 bits per heavy atom. The van der Waals surface area contributed by atoms with Crippen LogP contribution in [0.4, 0.5) is 5.69 Å². The highest BCUT2D eigenvalue weighted by atomic mass is 16.5. The van der Waals surface area contributed by atoms with Crippen LogP contribution in [0.3, 0.4) is 0 Å². The van der Waals surface area contributed by atoms with Gasteiger partial charge in [0.05, 0.1) is 12.2 Å². The predicted octanol–water partition coefficient (Wildman–Crippen LogP) is 5.46. The van der Waals surface area contributed by atoms with Crippen molar-refractivity contribution in [2.24, 2.45) is 0 Å². The van der Waals surface area contributed by atoms with E-state index in [-0.39, 0.29) is 24.0 Å². The normalized spacial score (nSPS) is 19.1. The summed E-state index contributed by atoms with van der Waals surface area (Å²) >= 11 is 0. The Kier molecular flexibility index (Phi) is 7.35. The lowest BCUT2D eigenvalue weighted by atomic mass is 9.88. The van der Waals surface area contributed by atoms with E-state index in [1.54, 1.807) is 0 Å². The minimum atomic E-state index is 0.0190. The summed E-state index contributed by atoms with van der Waals surface area (Å²) < 4.78 is 5.87. The molecule has 1 N–H and O–H groups in total. The molecule has 32 heavy (non-hydrogen) atoms. The first-order valence-corrected chi connectivity index (χ1v) is 11.4. The monoisotopic (exact) mass is 428 g/mol. The van der Waals surface area contributed by atoms with Crippen molar-refractivity contribution in [3.05, 3.63) is 102 Å². The van der Waals surface area contributed by atoms with Crippen molar-refractivity contribution in [3.63, 3.8) is 0 Å². The van der Waals surface area contributed by atoms with E-state index in [1.807, 2.05) is 54.6 Å². The maximum atomic E-state index is 13.2. The van der Waals surface area contributed by atoms with Crippen LogP contribution in [0.25, 0.3) is 0 Å². The van der Waals surface area contributed by atoms with Crippen LogP contribution in [0.1, 0.15) is 42.9 Å². The second-order valence-electron chi connectivity index (χ2n) is 8.73. The lowest BCUT2D eigenvalue weighted by Crippen LogP contribution is -2.44. The molecule has 0 radical (unpaired) electrons. The zero-order chi connectivity index (χ0) is 22.3. The van der Waals surface area contributed by atoms with E-state index in [1.165, 1.54) is 0 Å². The predicted molar refractivity (Wildman–Crippen MR) is 130 cm³/mol. The molecular weight excluding hydrogens is 396 g/mol. The van der Waals surface area contributed by atoms with E-state index in [0.717, 1.165) is 42.0 Å². The standard InChI is InChI=1S/C28H32N2O2/c1-21-18-30(19-22(2)32-21)20-25-15-9-10-16-27(25)29-28(31)17-26(23-11-5-3-6-12-23)24-13-7-4-8-14-24/h3-16,21-22,26H,17-20H2,1-2H3,(H,29,31). The Labute approximate surface area is 191 Å². The summed E-state index contributed by atoms with van der Waals surface area (Å²) in [5.74, 6) is 0.0457. The van der Waals surface area contributed by atoms with Crippen molar-refractivity contribution in [1.82, 2.24) is 4.90 Å². The van der Waals surface area contributed by atoms with Crippen molar-refractivity contribution in [2.75, 3.05) is 18.4 Å². The molecule has 2 atom stereocenters. The van der Waals surface area contributed by atoms with Crippen molar-refractivity contribution in [1.29, 1.82) is 0 Å². The van der Waals surface area contributed by atoms with Gasteiger partial charge in [0.2, 0.25) is 5.91 Å². The smallest absolute Gasteiger partial charge is 0.225 e. The highest BCUT2D eigenvalue weighted by Gasteiger charge is 2.23. The number of anilines is 1. The lowest BCUT2D eigenvalue weighted by Gasteiger charge is -2.35. The fraction of sp³-hybridized carbons (Fsp3) is 0.321. The molecule has 1 fully saturated rings. The lowest BCUT2D eigenvalue weighted by molar-refractivity contribution is -0.116. The number of hydrogen-bond donors (Lipinski definition) is 1. The molecule has 0 aliphatic carbocycles. The van der Waals surface area contributed by atoms with E-state index < -0.39 is 0 Å². The molecule has 1 aliphatic rings. The van der Waals surface area contributed by atoms with Gasteiger partial charge in [-0.15, -0.1) is 0 Å². The van der Waals surface area contributed by atoms with Crippen LogP contribution in [-0.2, 0) is 16.1 Å². The van der Waals surface area contributed by atoms with E-state index >= 15 is 0 Å². The summed E-state index contributed by atoms with van der Waals surface area (Å²) in [6, 6.07) is 28.7. The molecular formula is C28H32N2O2. The fourth-order valence-corrected chi connectivity index (χ4v) is 4.62. The molecule has 0 bridgehead atoms. The molecule has 3 aromatic rings. The van der Waals surface area contributed by atoms with Gasteiger partial charge >= 0.3 is 0 Å². The number of carbonyl (C=O) groups is 1. The summed E-state index contributed by atoms with van der Waals surface area (Å²) in [5.41, 5.74) is 4.33. The number of ether oxygens (including phenoxy) is 1. The molecule has 166 valence electrons. The number of morpholine rings is 1. The Hall–Kier alpha value is -2.95. The van der Waals surface area contributed by atoms with Crippen LogP contribution in [0.2, 0.25) is 0 Å². The zero-order valence-electron chi connectivity index (χ0n) is 18.9. The molecule has 2 unspecified atom stereocenters. The number of hydrogen-bond acceptors (Lipinski definition) is 3. The quantitative estimate of drug-likeness (QED) is 0.544. The summed E-state index contributed by atoms with van der Waals surface area (Å²) in [7, 11) is 0. The molecule has 1 heterocycles. The first-order chi connectivity index (χ1) is 15.6. The molecule has 3 aromatic carbocycles. The Bertz CT molecular complexity index is 957. The van der Waals surface area contributed by atoms with Gasteiger partial charge in [-0.2, -0.15) is 0 Å². The SMILES string of the molecule is CC1CN(Cc2ccccc2NC(=O)CC(c2ccccc2)c2ccccc2)CC(C)O1. The summed E-state index contributed by atoms with van der Waals surface area (Å²) in [5, 5.41) is 3.20. The third-order valence-corrected chi connectivity index (χ3v) is 5.97. The van der Waals surface area contributed by atoms with Gasteiger partial charge in [-0.3, -0.25) is 9.69 Å². The summed E-state index contributed by atoms with van der Waals surface area (Å²) in [6.45, 7) is 6.83. The van der Waals surface area contributed by atoms with Gasteiger partial charge in [0.1, 0.15) is 0 Å². The average molecular weight is 429 g/mol. The van der Waals surface area contributed by atoms with Gasteiger partial charge in [-0.25, -0.2) is 0 Å². The van der Waals surface area contributed by atoms with Crippen LogP contribution >= 0.6 is 0 Å². The highest BCUT2D eigenvalue weighted by molar-refractivity contribution is 5.92. The Balaban J connectivity index is 1.48. The number of nitrogens with zero attached hydrogens (tertiary/aromatic N) is 1. The van der Waals surface area contributed by atoms with Crippen LogP contribution < -0.4 is 5.32 Å². The highest BCUT2D eigenvalue weighted by Crippen LogP contribution is 2.29. The molecule has 4 heteroatoms.